The van der Waals surface area contributed by atoms with Gasteiger partial charge in [0.2, 0.25) is 0 Å². The highest BCUT2D eigenvalue weighted by Crippen LogP contribution is 2.24. The molecule has 0 radical (unpaired) electrons. The van der Waals surface area contributed by atoms with Gasteiger partial charge in [0.05, 0.1) is 12.6 Å². The zero-order valence-corrected chi connectivity index (χ0v) is 8.82. The number of hydrogen-bond acceptors (Lipinski definition) is 1. The van der Waals surface area contributed by atoms with Crippen molar-refractivity contribution in [2.75, 3.05) is 7.11 Å². The SMILES string of the molecule is COc1ccn2ccc(C(C)C)c2c1. The molecule has 0 saturated carbocycles. The summed E-state index contributed by atoms with van der Waals surface area (Å²) in [6.07, 6.45) is 4.12. The minimum atomic E-state index is 0.548. The maximum atomic E-state index is 5.21. The molecule has 0 fully saturated rings. The number of rotatable bonds is 2. The predicted molar refractivity (Wildman–Crippen MR) is 58.0 cm³/mol. The summed E-state index contributed by atoms with van der Waals surface area (Å²) in [6.45, 7) is 4.41. The zero-order chi connectivity index (χ0) is 10.1. The van der Waals surface area contributed by atoms with E-state index in [1.807, 2.05) is 12.3 Å². The first-order valence-electron chi connectivity index (χ1n) is 4.87. The van der Waals surface area contributed by atoms with Crippen molar-refractivity contribution in [2.24, 2.45) is 0 Å². The van der Waals surface area contributed by atoms with Crippen molar-refractivity contribution in [3.05, 3.63) is 36.2 Å². The summed E-state index contributed by atoms with van der Waals surface area (Å²) < 4.78 is 7.34. The summed E-state index contributed by atoms with van der Waals surface area (Å²) in [5.74, 6) is 1.46. The fraction of sp³-hybridized carbons (Fsp3) is 0.333. The molecule has 2 aromatic rings. The summed E-state index contributed by atoms with van der Waals surface area (Å²) >= 11 is 0. The van der Waals surface area contributed by atoms with Crippen molar-refractivity contribution >= 4 is 5.52 Å². The molecule has 0 atom stereocenters. The maximum absolute atomic E-state index is 5.21. The molecule has 2 rings (SSSR count). The normalized spacial score (nSPS) is 11.1. The van der Waals surface area contributed by atoms with E-state index in [-0.39, 0.29) is 0 Å². The Balaban J connectivity index is 2.63. The van der Waals surface area contributed by atoms with Crippen LogP contribution in [0.25, 0.3) is 5.52 Å². The van der Waals surface area contributed by atoms with Crippen LogP contribution in [0.5, 0.6) is 5.75 Å². The lowest BCUT2D eigenvalue weighted by Gasteiger charge is -2.05. The van der Waals surface area contributed by atoms with Crippen molar-refractivity contribution in [3.8, 4) is 5.75 Å². The van der Waals surface area contributed by atoms with Gasteiger partial charge in [0.15, 0.2) is 0 Å². The first-order chi connectivity index (χ1) is 6.72. The van der Waals surface area contributed by atoms with Crippen LogP contribution in [0.3, 0.4) is 0 Å². The summed E-state index contributed by atoms with van der Waals surface area (Å²) in [7, 11) is 1.70. The highest BCUT2D eigenvalue weighted by atomic mass is 16.5. The average Bonchev–Trinajstić information content (AvgIpc) is 2.59. The van der Waals surface area contributed by atoms with Crippen LogP contribution >= 0.6 is 0 Å². The Labute approximate surface area is 84.1 Å². The third kappa shape index (κ3) is 1.37. The van der Waals surface area contributed by atoms with Gasteiger partial charge in [0.25, 0.3) is 0 Å². The number of hydrogen-bond donors (Lipinski definition) is 0. The first kappa shape index (κ1) is 9.13. The van der Waals surface area contributed by atoms with E-state index in [1.54, 1.807) is 7.11 Å². The van der Waals surface area contributed by atoms with Gasteiger partial charge in [-0.3, -0.25) is 0 Å². The zero-order valence-electron chi connectivity index (χ0n) is 8.82. The van der Waals surface area contributed by atoms with Crippen LogP contribution in [0.1, 0.15) is 25.3 Å². The van der Waals surface area contributed by atoms with E-state index < -0.39 is 0 Å². The van der Waals surface area contributed by atoms with E-state index in [9.17, 15) is 0 Å². The minimum absolute atomic E-state index is 0.548. The average molecular weight is 189 g/mol. The summed E-state index contributed by atoms with van der Waals surface area (Å²) in [4.78, 5) is 0. The molecule has 0 aromatic carbocycles. The number of ether oxygens (including phenoxy) is 1. The first-order valence-corrected chi connectivity index (χ1v) is 4.87. The van der Waals surface area contributed by atoms with Gasteiger partial charge < -0.3 is 9.14 Å². The smallest absolute Gasteiger partial charge is 0.122 e. The van der Waals surface area contributed by atoms with Gasteiger partial charge in [-0.25, -0.2) is 0 Å². The Morgan fingerprint density at radius 2 is 1.93 bits per heavy atom. The Hall–Kier alpha value is -1.44. The van der Waals surface area contributed by atoms with Crippen molar-refractivity contribution in [2.45, 2.75) is 19.8 Å². The molecule has 0 aliphatic carbocycles. The number of nitrogens with zero attached hydrogens (tertiary/aromatic N) is 1. The van der Waals surface area contributed by atoms with Crippen molar-refractivity contribution in [1.82, 2.24) is 4.40 Å². The van der Waals surface area contributed by atoms with Crippen LogP contribution in [0.4, 0.5) is 0 Å². The molecule has 0 aliphatic rings. The predicted octanol–water partition coefficient (Wildman–Crippen LogP) is 3.07. The molecule has 0 bridgehead atoms. The second kappa shape index (κ2) is 3.37. The van der Waals surface area contributed by atoms with E-state index in [4.69, 9.17) is 4.74 Å². The van der Waals surface area contributed by atoms with Gasteiger partial charge in [-0.05, 0) is 23.6 Å². The van der Waals surface area contributed by atoms with Crippen LogP contribution in [-0.4, -0.2) is 11.5 Å². The second-order valence-corrected chi connectivity index (χ2v) is 3.78. The number of fused-ring (bicyclic) bond motifs is 1. The molecule has 74 valence electrons. The van der Waals surface area contributed by atoms with Gasteiger partial charge in [0.1, 0.15) is 5.75 Å². The molecule has 0 amide bonds. The summed E-state index contributed by atoms with van der Waals surface area (Å²) in [5.41, 5.74) is 2.60. The Morgan fingerprint density at radius 3 is 2.57 bits per heavy atom. The number of methoxy groups -OCH3 is 1. The lowest BCUT2D eigenvalue weighted by Crippen LogP contribution is -1.89. The van der Waals surface area contributed by atoms with Crippen molar-refractivity contribution < 1.29 is 4.74 Å². The molecular weight excluding hydrogens is 174 g/mol. The standard InChI is InChI=1S/C12H15NO/c1-9(2)11-5-7-13-6-4-10(14-3)8-12(11)13/h4-9H,1-3H3. The topological polar surface area (TPSA) is 13.6 Å². The third-order valence-corrected chi connectivity index (χ3v) is 2.52. The highest BCUT2D eigenvalue weighted by Gasteiger charge is 2.06. The fourth-order valence-corrected chi connectivity index (χ4v) is 1.72. The molecule has 14 heavy (non-hydrogen) atoms. The monoisotopic (exact) mass is 189 g/mol. The molecular formula is C12H15NO. The van der Waals surface area contributed by atoms with Crippen LogP contribution in [0.2, 0.25) is 0 Å². The Morgan fingerprint density at radius 1 is 1.21 bits per heavy atom. The number of aromatic nitrogens is 1. The van der Waals surface area contributed by atoms with Crippen molar-refractivity contribution in [1.29, 1.82) is 0 Å². The lowest BCUT2D eigenvalue weighted by atomic mass is 10.1. The summed E-state index contributed by atoms with van der Waals surface area (Å²) in [6, 6.07) is 6.21. The highest BCUT2D eigenvalue weighted by molar-refractivity contribution is 5.59. The molecule has 2 nitrogen and oxygen atoms in total. The van der Waals surface area contributed by atoms with Crippen LogP contribution in [0.15, 0.2) is 30.6 Å². The largest absolute Gasteiger partial charge is 0.497 e. The van der Waals surface area contributed by atoms with E-state index in [0.29, 0.717) is 5.92 Å². The minimum Gasteiger partial charge on any atom is -0.497 e. The van der Waals surface area contributed by atoms with E-state index >= 15 is 0 Å². The molecule has 2 aromatic heterocycles. The van der Waals surface area contributed by atoms with Crippen LogP contribution in [-0.2, 0) is 0 Å². The third-order valence-electron chi connectivity index (χ3n) is 2.52. The van der Waals surface area contributed by atoms with E-state index in [2.05, 4.69) is 36.6 Å². The molecule has 0 N–H and O–H groups in total. The van der Waals surface area contributed by atoms with Crippen LogP contribution < -0.4 is 4.74 Å². The van der Waals surface area contributed by atoms with Crippen molar-refractivity contribution in [3.63, 3.8) is 0 Å². The van der Waals surface area contributed by atoms with Gasteiger partial charge in [-0.15, -0.1) is 0 Å². The molecule has 2 heterocycles. The van der Waals surface area contributed by atoms with E-state index in [0.717, 1.165) is 5.75 Å². The Kier molecular flexibility index (Phi) is 2.20. The Bertz CT molecular complexity index is 443. The maximum Gasteiger partial charge on any atom is 0.122 e. The molecule has 0 unspecified atom stereocenters. The number of pyridine rings is 1. The fourth-order valence-electron chi connectivity index (χ4n) is 1.72. The second-order valence-electron chi connectivity index (χ2n) is 3.78. The summed E-state index contributed by atoms with van der Waals surface area (Å²) in [5, 5.41) is 0. The van der Waals surface area contributed by atoms with Gasteiger partial charge in [-0.2, -0.15) is 0 Å². The lowest BCUT2D eigenvalue weighted by molar-refractivity contribution is 0.414. The van der Waals surface area contributed by atoms with Crippen LogP contribution in [0, 0.1) is 0 Å². The van der Waals surface area contributed by atoms with Gasteiger partial charge >= 0.3 is 0 Å². The quantitative estimate of drug-likeness (QED) is 0.708. The molecule has 2 heteroatoms. The van der Waals surface area contributed by atoms with Gasteiger partial charge in [0, 0.05) is 18.5 Å². The molecule has 0 aliphatic heterocycles. The van der Waals surface area contributed by atoms with Gasteiger partial charge in [-0.1, -0.05) is 13.8 Å². The molecule has 0 spiro atoms. The molecule has 0 saturated heterocycles. The van der Waals surface area contributed by atoms with E-state index in [1.165, 1.54) is 11.1 Å².